The maximum atomic E-state index is 5.85. The SMILES string of the molecule is C(=C\c1nc2ccccc2o1)/c1ccc(OCCCCN2CCCC2)cc1. The molecule has 2 heterocycles. The molecule has 4 heteroatoms. The Morgan fingerprint density at radius 2 is 1.78 bits per heavy atom. The molecule has 1 aliphatic heterocycles. The average molecular weight is 362 g/mol. The molecule has 0 amide bonds. The molecule has 1 saturated heterocycles. The van der Waals surface area contributed by atoms with Crippen LogP contribution in [0.15, 0.2) is 52.9 Å². The number of unbranched alkanes of at least 4 members (excludes halogenated alkanes) is 1. The molecule has 0 atom stereocenters. The van der Waals surface area contributed by atoms with Crippen molar-refractivity contribution >= 4 is 23.3 Å². The number of rotatable bonds is 8. The Morgan fingerprint density at radius 3 is 2.59 bits per heavy atom. The Balaban J connectivity index is 1.23. The minimum absolute atomic E-state index is 0.620. The molecule has 0 aliphatic carbocycles. The Bertz CT molecular complexity index is 844. The first-order chi connectivity index (χ1) is 13.4. The van der Waals surface area contributed by atoms with E-state index in [1.165, 1.54) is 38.9 Å². The van der Waals surface area contributed by atoms with Crippen LogP contribution >= 0.6 is 0 Å². The fourth-order valence-corrected chi connectivity index (χ4v) is 3.44. The van der Waals surface area contributed by atoms with E-state index in [-0.39, 0.29) is 0 Å². The van der Waals surface area contributed by atoms with Crippen LogP contribution in [0.4, 0.5) is 0 Å². The van der Waals surface area contributed by atoms with Crippen LogP contribution in [0.3, 0.4) is 0 Å². The molecule has 140 valence electrons. The van der Waals surface area contributed by atoms with Gasteiger partial charge < -0.3 is 14.1 Å². The monoisotopic (exact) mass is 362 g/mol. The average Bonchev–Trinajstić information content (AvgIpc) is 3.36. The Morgan fingerprint density at radius 1 is 0.963 bits per heavy atom. The van der Waals surface area contributed by atoms with Crippen LogP contribution < -0.4 is 4.74 Å². The van der Waals surface area contributed by atoms with Gasteiger partial charge >= 0.3 is 0 Å². The van der Waals surface area contributed by atoms with Gasteiger partial charge in [0.15, 0.2) is 5.58 Å². The fourth-order valence-electron chi connectivity index (χ4n) is 3.44. The summed E-state index contributed by atoms with van der Waals surface area (Å²) in [5, 5.41) is 0. The number of aromatic nitrogens is 1. The summed E-state index contributed by atoms with van der Waals surface area (Å²) in [6.45, 7) is 4.55. The molecule has 1 aromatic heterocycles. The molecule has 0 spiro atoms. The predicted octanol–water partition coefficient (Wildman–Crippen LogP) is 5.25. The van der Waals surface area contributed by atoms with E-state index >= 15 is 0 Å². The third-order valence-corrected chi connectivity index (χ3v) is 4.94. The van der Waals surface area contributed by atoms with E-state index in [0.717, 1.165) is 35.4 Å². The highest BCUT2D eigenvalue weighted by molar-refractivity contribution is 5.75. The van der Waals surface area contributed by atoms with Crippen molar-refractivity contribution in [2.75, 3.05) is 26.2 Å². The zero-order valence-electron chi connectivity index (χ0n) is 15.6. The lowest BCUT2D eigenvalue weighted by Gasteiger charge is -2.14. The second-order valence-electron chi connectivity index (χ2n) is 7.03. The molecule has 4 nitrogen and oxygen atoms in total. The summed E-state index contributed by atoms with van der Waals surface area (Å²) in [6.07, 6.45) is 8.95. The van der Waals surface area contributed by atoms with Crippen molar-refractivity contribution in [2.45, 2.75) is 25.7 Å². The van der Waals surface area contributed by atoms with Crippen molar-refractivity contribution < 1.29 is 9.15 Å². The standard InChI is InChI=1S/C23H26N2O2/c1-2-8-22-21(7-1)24-23(27-22)14-11-19-9-12-20(13-10-19)26-18-6-5-17-25-15-3-4-16-25/h1-2,7-14H,3-6,15-18H2/b14-11+. The molecule has 3 aromatic rings. The van der Waals surface area contributed by atoms with Crippen molar-refractivity contribution in [3.05, 3.63) is 60.0 Å². The lowest BCUT2D eigenvalue weighted by Crippen LogP contribution is -2.20. The number of fused-ring (bicyclic) bond motifs is 1. The van der Waals surface area contributed by atoms with E-state index in [2.05, 4.69) is 22.0 Å². The Labute approximate surface area is 160 Å². The van der Waals surface area contributed by atoms with Crippen LogP contribution in [-0.4, -0.2) is 36.1 Å². The normalized spacial score (nSPS) is 15.1. The fraction of sp³-hybridized carbons (Fsp3) is 0.348. The molecule has 27 heavy (non-hydrogen) atoms. The number of hydrogen-bond acceptors (Lipinski definition) is 4. The maximum Gasteiger partial charge on any atom is 0.220 e. The largest absolute Gasteiger partial charge is 0.494 e. The van der Waals surface area contributed by atoms with E-state index < -0.39 is 0 Å². The van der Waals surface area contributed by atoms with Gasteiger partial charge in [-0.2, -0.15) is 0 Å². The van der Waals surface area contributed by atoms with Crippen LogP contribution in [0.2, 0.25) is 0 Å². The van der Waals surface area contributed by atoms with E-state index in [0.29, 0.717) is 5.89 Å². The third kappa shape index (κ3) is 4.98. The Kier molecular flexibility index (Phi) is 5.85. The highest BCUT2D eigenvalue weighted by Crippen LogP contribution is 2.18. The van der Waals surface area contributed by atoms with Crippen LogP contribution in [0.25, 0.3) is 23.3 Å². The lowest BCUT2D eigenvalue weighted by molar-refractivity contribution is 0.280. The smallest absolute Gasteiger partial charge is 0.220 e. The molecule has 0 unspecified atom stereocenters. The number of hydrogen-bond donors (Lipinski definition) is 0. The van der Waals surface area contributed by atoms with Crippen molar-refractivity contribution in [3.8, 4) is 5.75 Å². The molecule has 0 bridgehead atoms. The second-order valence-corrected chi connectivity index (χ2v) is 7.03. The van der Waals surface area contributed by atoms with Crippen molar-refractivity contribution in [1.82, 2.24) is 9.88 Å². The summed E-state index contributed by atoms with van der Waals surface area (Å²) in [5.41, 5.74) is 2.79. The van der Waals surface area contributed by atoms with E-state index in [4.69, 9.17) is 9.15 Å². The summed E-state index contributed by atoms with van der Waals surface area (Å²) in [5.74, 6) is 1.55. The lowest BCUT2D eigenvalue weighted by atomic mass is 10.2. The van der Waals surface area contributed by atoms with Crippen molar-refractivity contribution in [3.63, 3.8) is 0 Å². The molecule has 0 N–H and O–H groups in total. The predicted molar refractivity (Wildman–Crippen MR) is 110 cm³/mol. The maximum absolute atomic E-state index is 5.85. The van der Waals surface area contributed by atoms with E-state index in [9.17, 15) is 0 Å². The molecule has 1 aliphatic rings. The zero-order chi connectivity index (χ0) is 18.3. The molecule has 2 aromatic carbocycles. The summed E-state index contributed by atoms with van der Waals surface area (Å²) >= 11 is 0. The van der Waals surface area contributed by atoms with Crippen LogP contribution in [0, 0.1) is 0 Å². The number of oxazole rings is 1. The summed E-state index contributed by atoms with van der Waals surface area (Å²) in [7, 11) is 0. The highest BCUT2D eigenvalue weighted by Gasteiger charge is 2.10. The van der Waals surface area contributed by atoms with Gasteiger partial charge in [0.05, 0.1) is 6.61 Å². The summed E-state index contributed by atoms with van der Waals surface area (Å²) in [4.78, 5) is 7.00. The van der Waals surface area contributed by atoms with Gasteiger partial charge in [-0.3, -0.25) is 0 Å². The third-order valence-electron chi connectivity index (χ3n) is 4.94. The van der Waals surface area contributed by atoms with Gasteiger partial charge in [0, 0.05) is 6.08 Å². The van der Waals surface area contributed by atoms with Gasteiger partial charge in [-0.25, -0.2) is 4.98 Å². The Hall–Kier alpha value is -2.59. The number of likely N-dealkylation sites (tertiary alicyclic amines) is 1. The number of benzene rings is 2. The first kappa shape index (κ1) is 17.8. The minimum atomic E-state index is 0.620. The van der Waals surface area contributed by atoms with Gasteiger partial charge in [-0.05, 0) is 81.2 Å². The van der Waals surface area contributed by atoms with Gasteiger partial charge in [0.1, 0.15) is 11.3 Å². The second kappa shape index (κ2) is 8.87. The van der Waals surface area contributed by atoms with Crippen molar-refractivity contribution in [1.29, 1.82) is 0 Å². The molecule has 0 saturated carbocycles. The van der Waals surface area contributed by atoms with Gasteiger partial charge in [-0.1, -0.05) is 24.3 Å². The molecular formula is C23H26N2O2. The van der Waals surface area contributed by atoms with Crippen LogP contribution in [0.1, 0.15) is 37.1 Å². The number of ether oxygens (including phenoxy) is 1. The quantitative estimate of drug-likeness (QED) is 0.513. The zero-order valence-corrected chi connectivity index (χ0v) is 15.6. The first-order valence-corrected chi connectivity index (χ1v) is 9.86. The highest BCUT2D eigenvalue weighted by atomic mass is 16.5. The molecule has 4 rings (SSSR count). The van der Waals surface area contributed by atoms with E-state index in [1.54, 1.807) is 0 Å². The summed E-state index contributed by atoms with van der Waals surface area (Å²) in [6, 6.07) is 15.9. The minimum Gasteiger partial charge on any atom is -0.494 e. The van der Waals surface area contributed by atoms with Crippen molar-refractivity contribution in [2.24, 2.45) is 0 Å². The molecule has 0 radical (unpaired) electrons. The van der Waals surface area contributed by atoms with Gasteiger partial charge in [-0.15, -0.1) is 0 Å². The number of nitrogens with zero attached hydrogens (tertiary/aromatic N) is 2. The molecular weight excluding hydrogens is 336 g/mol. The van der Waals surface area contributed by atoms with Crippen LogP contribution in [0.5, 0.6) is 5.75 Å². The first-order valence-electron chi connectivity index (χ1n) is 9.86. The van der Waals surface area contributed by atoms with Gasteiger partial charge in [0.2, 0.25) is 5.89 Å². The number of para-hydroxylation sites is 2. The van der Waals surface area contributed by atoms with Crippen LogP contribution in [-0.2, 0) is 0 Å². The summed E-state index contributed by atoms with van der Waals surface area (Å²) < 4.78 is 11.6. The molecule has 1 fully saturated rings. The van der Waals surface area contributed by atoms with Gasteiger partial charge in [0.25, 0.3) is 0 Å². The topological polar surface area (TPSA) is 38.5 Å². The van der Waals surface area contributed by atoms with E-state index in [1.807, 2.05) is 48.6 Å².